The van der Waals surface area contributed by atoms with Crippen LogP contribution in [0, 0.1) is 0 Å². The van der Waals surface area contributed by atoms with Crippen LogP contribution in [0.25, 0.3) is 0 Å². The van der Waals surface area contributed by atoms with E-state index in [2.05, 4.69) is 0 Å². The van der Waals surface area contributed by atoms with E-state index in [0.29, 0.717) is 28.5 Å². The van der Waals surface area contributed by atoms with E-state index in [4.69, 9.17) is 21.1 Å². The quantitative estimate of drug-likeness (QED) is 0.644. The molecule has 0 aliphatic carbocycles. The van der Waals surface area contributed by atoms with Gasteiger partial charge < -0.3 is 19.7 Å². The van der Waals surface area contributed by atoms with Crippen molar-refractivity contribution in [2.45, 2.75) is 32.8 Å². The van der Waals surface area contributed by atoms with Gasteiger partial charge in [0.25, 0.3) is 0 Å². The molecule has 140 valence electrons. The summed E-state index contributed by atoms with van der Waals surface area (Å²) in [5.41, 5.74) is 0.836. The molecular weight excluding hydrogens is 356 g/mol. The molecule has 2 aromatic rings. The predicted molar refractivity (Wildman–Crippen MR) is 101 cm³/mol. The number of aromatic hydroxyl groups is 1. The van der Waals surface area contributed by atoms with E-state index in [1.807, 2.05) is 6.92 Å². The summed E-state index contributed by atoms with van der Waals surface area (Å²) < 4.78 is 11.1. The second-order valence-electron chi connectivity index (χ2n) is 5.95. The number of ether oxygens (including phenoxy) is 2. The second-order valence-corrected chi connectivity index (χ2v) is 6.36. The Labute approximate surface area is 158 Å². The van der Waals surface area contributed by atoms with E-state index < -0.39 is 6.10 Å². The Morgan fingerprint density at radius 1 is 1.12 bits per heavy atom. The van der Waals surface area contributed by atoms with Crippen molar-refractivity contribution in [1.29, 1.82) is 0 Å². The standard InChI is InChI=1S/C20H23ClO5/c1-3-6-16-18(10-9-15(13(2)22)20(16)24)25-11-14(23)12-26-19-8-5-4-7-17(19)21/h4-5,7-10,14,23-24H,3,6,11-12H2,1-2H3. The van der Waals surface area contributed by atoms with Gasteiger partial charge in [0.15, 0.2) is 5.78 Å². The van der Waals surface area contributed by atoms with E-state index >= 15 is 0 Å². The highest BCUT2D eigenvalue weighted by Crippen LogP contribution is 2.33. The van der Waals surface area contributed by atoms with Gasteiger partial charge in [0.1, 0.15) is 36.6 Å². The monoisotopic (exact) mass is 378 g/mol. The molecule has 1 atom stereocenters. The fraction of sp³-hybridized carbons (Fsp3) is 0.350. The van der Waals surface area contributed by atoms with Gasteiger partial charge in [-0.15, -0.1) is 0 Å². The first-order chi connectivity index (χ1) is 12.4. The van der Waals surface area contributed by atoms with Gasteiger partial charge in [-0.1, -0.05) is 37.1 Å². The Morgan fingerprint density at radius 2 is 1.77 bits per heavy atom. The van der Waals surface area contributed by atoms with Crippen LogP contribution >= 0.6 is 11.6 Å². The summed E-state index contributed by atoms with van der Waals surface area (Å²) in [7, 11) is 0. The summed E-state index contributed by atoms with van der Waals surface area (Å²) in [6, 6.07) is 10.2. The number of aliphatic hydroxyl groups excluding tert-OH is 1. The number of benzene rings is 2. The lowest BCUT2D eigenvalue weighted by Crippen LogP contribution is -2.25. The molecule has 0 radical (unpaired) electrons. The van der Waals surface area contributed by atoms with Crippen LogP contribution in [0.15, 0.2) is 36.4 Å². The number of phenolic OH excluding ortho intramolecular Hbond substituents is 1. The van der Waals surface area contributed by atoms with Crippen LogP contribution in [-0.2, 0) is 6.42 Å². The molecule has 2 N–H and O–H groups in total. The summed E-state index contributed by atoms with van der Waals surface area (Å²) in [5, 5.41) is 20.9. The zero-order valence-electron chi connectivity index (χ0n) is 14.9. The molecule has 0 aromatic heterocycles. The fourth-order valence-corrected chi connectivity index (χ4v) is 2.70. The van der Waals surface area contributed by atoms with Crippen molar-refractivity contribution in [3.63, 3.8) is 0 Å². The number of aliphatic hydroxyl groups is 1. The minimum atomic E-state index is -0.879. The first-order valence-corrected chi connectivity index (χ1v) is 8.85. The van der Waals surface area contributed by atoms with Crippen molar-refractivity contribution in [2.75, 3.05) is 13.2 Å². The Morgan fingerprint density at radius 3 is 2.38 bits per heavy atom. The highest BCUT2D eigenvalue weighted by molar-refractivity contribution is 6.32. The SMILES string of the molecule is CCCc1c(OCC(O)COc2ccccc2Cl)ccc(C(C)=O)c1O. The van der Waals surface area contributed by atoms with Gasteiger partial charge in [0.2, 0.25) is 0 Å². The average molecular weight is 379 g/mol. The molecule has 0 aliphatic heterocycles. The van der Waals surface area contributed by atoms with E-state index in [0.717, 1.165) is 6.42 Å². The normalized spacial score (nSPS) is 11.8. The van der Waals surface area contributed by atoms with Gasteiger partial charge in [-0.3, -0.25) is 4.79 Å². The first kappa shape index (κ1) is 20.1. The van der Waals surface area contributed by atoms with E-state index in [1.165, 1.54) is 13.0 Å². The third-order valence-corrected chi connectivity index (χ3v) is 4.13. The topological polar surface area (TPSA) is 76.0 Å². The van der Waals surface area contributed by atoms with Crippen LogP contribution in [0.5, 0.6) is 17.2 Å². The number of halogens is 1. The number of phenols is 1. The maximum absolute atomic E-state index is 11.6. The first-order valence-electron chi connectivity index (χ1n) is 8.48. The van der Waals surface area contributed by atoms with Crippen LogP contribution in [0.3, 0.4) is 0 Å². The zero-order chi connectivity index (χ0) is 19.1. The number of ketones is 1. The number of carbonyl (C=O) groups excluding carboxylic acids is 1. The highest BCUT2D eigenvalue weighted by Gasteiger charge is 2.17. The van der Waals surface area contributed by atoms with Gasteiger partial charge in [-0.2, -0.15) is 0 Å². The van der Waals surface area contributed by atoms with E-state index in [9.17, 15) is 15.0 Å². The molecule has 0 bridgehead atoms. The molecule has 0 amide bonds. The Balaban J connectivity index is 2.00. The van der Waals surface area contributed by atoms with Crippen molar-refractivity contribution in [1.82, 2.24) is 0 Å². The lowest BCUT2D eigenvalue weighted by molar-refractivity contribution is 0.0622. The Hall–Kier alpha value is -2.24. The fourth-order valence-electron chi connectivity index (χ4n) is 2.51. The molecule has 0 spiro atoms. The minimum Gasteiger partial charge on any atom is -0.507 e. The largest absolute Gasteiger partial charge is 0.507 e. The van der Waals surface area contributed by atoms with Crippen molar-refractivity contribution >= 4 is 17.4 Å². The number of hydrogen-bond donors (Lipinski definition) is 2. The summed E-state index contributed by atoms with van der Waals surface area (Å²) in [4.78, 5) is 11.6. The number of rotatable bonds is 9. The molecule has 26 heavy (non-hydrogen) atoms. The molecule has 2 rings (SSSR count). The van der Waals surface area contributed by atoms with Crippen LogP contribution < -0.4 is 9.47 Å². The van der Waals surface area contributed by atoms with E-state index in [-0.39, 0.29) is 30.3 Å². The smallest absolute Gasteiger partial charge is 0.163 e. The van der Waals surface area contributed by atoms with Crippen LogP contribution in [-0.4, -0.2) is 35.3 Å². The number of hydrogen-bond acceptors (Lipinski definition) is 5. The second kappa shape index (κ2) is 9.46. The lowest BCUT2D eigenvalue weighted by atomic mass is 10.0. The molecule has 2 aromatic carbocycles. The Bertz CT molecular complexity index is 760. The van der Waals surface area contributed by atoms with Crippen molar-refractivity contribution in [2.24, 2.45) is 0 Å². The highest BCUT2D eigenvalue weighted by atomic mass is 35.5. The van der Waals surface area contributed by atoms with Gasteiger partial charge in [0.05, 0.1) is 10.6 Å². The molecule has 0 saturated heterocycles. The third-order valence-electron chi connectivity index (χ3n) is 3.82. The summed E-state index contributed by atoms with van der Waals surface area (Å²) in [6.07, 6.45) is 0.466. The summed E-state index contributed by atoms with van der Waals surface area (Å²) in [5.74, 6) is 0.674. The molecule has 0 heterocycles. The summed E-state index contributed by atoms with van der Waals surface area (Å²) >= 11 is 6.00. The molecule has 0 fully saturated rings. The zero-order valence-corrected chi connectivity index (χ0v) is 15.6. The predicted octanol–water partition coefficient (Wildman–Crippen LogP) is 4.02. The molecular formula is C20H23ClO5. The Kier molecular flexibility index (Phi) is 7.30. The van der Waals surface area contributed by atoms with Gasteiger partial charge >= 0.3 is 0 Å². The number of para-hydroxylation sites is 1. The lowest BCUT2D eigenvalue weighted by Gasteiger charge is -2.17. The van der Waals surface area contributed by atoms with Crippen LogP contribution in [0.4, 0.5) is 0 Å². The minimum absolute atomic E-state index is 0.0139. The number of carbonyl (C=O) groups is 1. The average Bonchev–Trinajstić information content (AvgIpc) is 2.61. The van der Waals surface area contributed by atoms with E-state index in [1.54, 1.807) is 30.3 Å². The van der Waals surface area contributed by atoms with Crippen LogP contribution in [0.2, 0.25) is 5.02 Å². The molecule has 0 saturated carbocycles. The van der Waals surface area contributed by atoms with Crippen molar-refractivity contribution in [3.05, 3.63) is 52.5 Å². The molecule has 0 aliphatic rings. The number of Topliss-reactive ketones (excluding diaryl/α,β-unsaturated/α-hetero) is 1. The molecule has 5 nitrogen and oxygen atoms in total. The maximum Gasteiger partial charge on any atom is 0.163 e. The maximum atomic E-state index is 11.6. The van der Waals surface area contributed by atoms with Crippen molar-refractivity contribution in [3.8, 4) is 17.2 Å². The molecule has 1 unspecified atom stereocenters. The van der Waals surface area contributed by atoms with Gasteiger partial charge in [0, 0.05) is 5.56 Å². The van der Waals surface area contributed by atoms with Gasteiger partial charge in [-0.25, -0.2) is 0 Å². The molecule has 6 heteroatoms. The summed E-state index contributed by atoms with van der Waals surface area (Å²) in [6.45, 7) is 3.38. The van der Waals surface area contributed by atoms with Crippen molar-refractivity contribution < 1.29 is 24.5 Å². The van der Waals surface area contributed by atoms with Crippen LogP contribution in [0.1, 0.15) is 36.2 Å². The third kappa shape index (κ3) is 5.13. The van der Waals surface area contributed by atoms with Gasteiger partial charge in [-0.05, 0) is 37.6 Å².